The molecule has 0 aromatic rings. The molecule has 1 rings (SSSR count). The number of nitrogens with zero attached hydrogens (tertiary/aromatic N) is 1. The summed E-state index contributed by atoms with van der Waals surface area (Å²) in [5.41, 5.74) is 2.08. The van der Waals surface area contributed by atoms with Crippen LogP contribution in [0.15, 0.2) is 0 Å². The standard InChI is InChI=1S/C9H15F3N2O3/c1-7(13-17-6-9(10,11)12)8(15)14-2-4-16-5-3-14/h7,13H,2-6H2,1H3. The van der Waals surface area contributed by atoms with E-state index >= 15 is 0 Å². The number of halogens is 3. The molecule has 0 saturated carbocycles. The van der Waals surface area contributed by atoms with Gasteiger partial charge in [-0.3, -0.25) is 9.63 Å². The van der Waals surface area contributed by atoms with E-state index in [0.29, 0.717) is 26.3 Å². The first-order valence-electron chi connectivity index (χ1n) is 5.21. The summed E-state index contributed by atoms with van der Waals surface area (Å²) in [6.45, 7) is 1.82. The van der Waals surface area contributed by atoms with Crippen LogP contribution in [0.2, 0.25) is 0 Å². The Morgan fingerprint density at radius 1 is 1.47 bits per heavy atom. The van der Waals surface area contributed by atoms with Crippen molar-refractivity contribution in [3.05, 3.63) is 0 Å². The highest BCUT2D eigenvalue weighted by molar-refractivity contribution is 5.81. The van der Waals surface area contributed by atoms with E-state index in [0.717, 1.165) is 0 Å². The third-order valence-corrected chi connectivity index (χ3v) is 2.19. The highest BCUT2D eigenvalue weighted by atomic mass is 19.4. The molecule has 5 nitrogen and oxygen atoms in total. The van der Waals surface area contributed by atoms with E-state index < -0.39 is 18.8 Å². The highest BCUT2D eigenvalue weighted by Gasteiger charge is 2.29. The fourth-order valence-corrected chi connectivity index (χ4v) is 1.36. The molecule has 100 valence electrons. The van der Waals surface area contributed by atoms with E-state index in [-0.39, 0.29) is 5.91 Å². The van der Waals surface area contributed by atoms with Crippen LogP contribution < -0.4 is 5.48 Å². The number of ether oxygens (including phenoxy) is 1. The predicted molar refractivity (Wildman–Crippen MR) is 52.0 cm³/mol. The Morgan fingerprint density at radius 3 is 2.59 bits per heavy atom. The van der Waals surface area contributed by atoms with Gasteiger partial charge in [-0.2, -0.15) is 18.7 Å². The second kappa shape index (κ2) is 6.18. The first-order valence-corrected chi connectivity index (χ1v) is 5.21. The maximum atomic E-state index is 11.8. The predicted octanol–water partition coefficient (Wildman–Crippen LogP) is 0.317. The maximum absolute atomic E-state index is 11.8. The van der Waals surface area contributed by atoms with E-state index in [1.165, 1.54) is 11.8 Å². The molecular weight excluding hydrogens is 241 g/mol. The maximum Gasteiger partial charge on any atom is 0.413 e. The topological polar surface area (TPSA) is 50.8 Å². The fraction of sp³-hybridized carbons (Fsp3) is 0.889. The van der Waals surface area contributed by atoms with Crippen LogP contribution in [0.25, 0.3) is 0 Å². The van der Waals surface area contributed by atoms with Crippen molar-refractivity contribution >= 4 is 5.91 Å². The lowest BCUT2D eigenvalue weighted by Gasteiger charge is -2.29. The number of carbonyl (C=O) groups is 1. The van der Waals surface area contributed by atoms with Crippen molar-refractivity contribution in [2.24, 2.45) is 0 Å². The quantitative estimate of drug-likeness (QED) is 0.736. The van der Waals surface area contributed by atoms with Crippen molar-refractivity contribution in [2.75, 3.05) is 32.9 Å². The Balaban J connectivity index is 2.26. The van der Waals surface area contributed by atoms with Crippen LogP contribution in [0.4, 0.5) is 13.2 Å². The monoisotopic (exact) mass is 256 g/mol. The molecule has 1 fully saturated rings. The van der Waals surface area contributed by atoms with Crippen LogP contribution in [-0.4, -0.2) is 55.9 Å². The summed E-state index contributed by atoms with van der Waals surface area (Å²) in [6.07, 6.45) is -4.41. The molecule has 1 heterocycles. The fourth-order valence-electron chi connectivity index (χ4n) is 1.36. The third kappa shape index (κ3) is 5.33. The molecule has 0 spiro atoms. The van der Waals surface area contributed by atoms with Gasteiger partial charge in [-0.25, -0.2) is 0 Å². The van der Waals surface area contributed by atoms with Crippen LogP contribution in [0, 0.1) is 0 Å². The normalized spacial score (nSPS) is 19.2. The minimum Gasteiger partial charge on any atom is -0.378 e. The highest BCUT2D eigenvalue weighted by Crippen LogP contribution is 2.13. The third-order valence-electron chi connectivity index (χ3n) is 2.19. The summed E-state index contributed by atoms with van der Waals surface area (Å²) in [5, 5.41) is 0. The van der Waals surface area contributed by atoms with E-state index in [1.807, 2.05) is 0 Å². The van der Waals surface area contributed by atoms with Crippen molar-refractivity contribution in [1.82, 2.24) is 10.4 Å². The van der Waals surface area contributed by atoms with Crippen molar-refractivity contribution in [1.29, 1.82) is 0 Å². The first-order chi connectivity index (χ1) is 7.90. The molecule has 0 bridgehead atoms. The van der Waals surface area contributed by atoms with Crippen LogP contribution in [0.1, 0.15) is 6.92 Å². The van der Waals surface area contributed by atoms with Crippen LogP contribution >= 0.6 is 0 Å². The number of amides is 1. The lowest BCUT2D eigenvalue weighted by molar-refractivity contribution is -0.194. The summed E-state index contributed by atoms with van der Waals surface area (Å²) in [4.78, 5) is 17.4. The number of alkyl halides is 3. The van der Waals surface area contributed by atoms with E-state index in [9.17, 15) is 18.0 Å². The van der Waals surface area contributed by atoms with Gasteiger partial charge in [0.25, 0.3) is 0 Å². The summed E-state index contributed by atoms with van der Waals surface area (Å²) in [6, 6.07) is -0.810. The minimum atomic E-state index is -4.41. The lowest BCUT2D eigenvalue weighted by Crippen LogP contribution is -2.49. The Kier molecular flexibility index (Phi) is 5.16. The zero-order chi connectivity index (χ0) is 12.9. The molecule has 8 heteroatoms. The zero-order valence-electron chi connectivity index (χ0n) is 9.42. The number of hydrogen-bond acceptors (Lipinski definition) is 4. The molecule has 1 unspecified atom stereocenters. The Bertz CT molecular complexity index is 254. The van der Waals surface area contributed by atoms with Gasteiger partial charge in [0.15, 0.2) is 6.61 Å². The van der Waals surface area contributed by atoms with Gasteiger partial charge in [0.1, 0.15) is 6.04 Å². The van der Waals surface area contributed by atoms with E-state index in [4.69, 9.17) is 4.74 Å². The number of morpholine rings is 1. The molecule has 0 radical (unpaired) electrons. The van der Waals surface area contributed by atoms with Crippen molar-refractivity contribution in [2.45, 2.75) is 19.1 Å². The molecule has 1 saturated heterocycles. The Labute approximate surface area is 96.8 Å². The summed E-state index contributed by atoms with van der Waals surface area (Å²) in [7, 11) is 0. The largest absolute Gasteiger partial charge is 0.413 e. The molecule has 0 aromatic heterocycles. The Morgan fingerprint density at radius 2 is 2.06 bits per heavy atom. The van der Waals surface area contributed by atoms with E-state index in [1.54, 1.807) is 0 Å². The molecule has 1 N–H and O–H groups in total. The van der Waals surface area contributed by atoms with Gasteiger partial charge in [0, 0.05) is 13.1 Å². The average molecular weight is 256 g/mol. The van der Waals surface area contributed by atoms with Gasteiger partial charge < -0.3 is 9.64 Å². The van der Waals surface area contributed by atoms with Gasteiger partial charge in [0.05, 0.1) is 13.2 Å². The van der Waals surface area contributed by atoms with Crippen LogP contribution in [0.3, 0.4) is 0 Å². The number of nitrogens with one attached hydrogen (secondary N) is 1. The van der Waals surface area contributed by atoms with Crippen molar-refractivity contribution in [3.8, 4) is 0 Å². The number of carbonyl (C=O) groups excluding carboxylic acids is 1. The first kappa shape index (κ1) is 14.2. The van der Waals surface area contributed by atoms with Gasteiger partial charge in [0.2, 0.25) is 5.91 Å². The van der Waals surface area contributed by atoms with Crippen molar-refractivity contribution in [3.63, 3.8) is 0 Å². The molecular formula is C9H15F3N2O3. The second-order valence-electron chi connectivity index (χ2n) is 3.68. The van der Waals surface area contributed by atoms with Crippen molar-refractivity contribution < 1.29 is 27.5 Å². The second-order valence-corrected chi connectivity index (χ2v) is 3.68. The van der Waals surface area contributed by atoms with Gasteiger partial charge >= 0.3 is 6.18 Å². The summed E-state index contributed by atoms with van der Waals surface area (Å²) >= 11 is 0. The number of hydroxylamine groups is 1. The molecule has 1 amide bonds. The van der Waals surface area contributed by atoms with Gasteiger partial charge in [-0.15, -0.1) is 0 Å². The molecule has 0 aromatic carbocycles. The minimum absolute atomic E-state index is 0.296. The van der Waals surface area contributed by atoms with Gasteiger partial charge in [-0.05, 0) is 6.92 Å². The van der Waals surface area contributed by atoms with Crippen LogP contribution in [-0.2, 0) is 14.4 Å². The average Bonchev–Trinajstić information content (AvgIpc) is 2.27. The SMILES string of the molecule is CC(NOCC(F)(F)F)C(=O)N1CCOCC1. The molecule has 0 aliphatic carbocycles. The smallest absolute Gasteiger partial charge is 0.378 e. The molecule has 17 heavy (non-hydrogen) atoms. The number of hydrogen-bond donors (Lipinski definition) is 1. The summed E-state index contributed by atoms with van der Waals surface area (Å²) < 4.78 is 40.4. The zero-order valence-corrected chi connectivity index (χ0v) is 9.42. The number of rotatable bonds is 4. The Hall–Kier alpha value is -0.860. The van der Waals surface area contributed by atoms with Gasteiger partial charge in [-0.1, -0.05) is 0 Å². The molecule has 1 aliphatic heterocycles. The molecule has 1 atom stereocenters. The van der Waals surface area contributed by atoms with Crippen LogP contribution in [0.5, 0.6) is 0 Å². The summed E-state index contributed by atoms with van der Waals surface area (Å²) in [5.74, 6) is -0.296. The van der Waals surface area contributed by atoms with E-state index in [2.05, 4.69) is 10.3 Å². The molecule has 1 aliphatic rings. The lowest BCUT2D eigenvalue weighted by atomic mass is 10.3.